The Labute approximate surface area is 89.1 Å². The van der Waals surface area contributed by atoms with Crippen molar-refractivity contribution < 1.29 is 0 Å². The van der Waals surface area contributed by atoms with E-state index in [9.17, 15) is 0 Å². The van der Waals surface area contributed by atoms with Crippen molar-refractivity contribution in [2.24, 2.45) is 0 Å². The third-order valence-electron chi connectivity index (χ3n) is 2.79. The molecule has 0 unspecified atom stereocenters. The molecule has 1 aromatic heterocycles. The lowest BCUT2D eigenvalue weighted by Gasteiger charge is -2.20. The number of rotatable bonds is 2. The molecule has 1 saturated carbocycles. The van der Waals surface area contributed by atoms with Crippen LogP contribution in [0.4, 0.5) is 5.13 Å². The van der Waals surface area contributed by atoms with E-state index in [0.29, 0.717) is 6.04 Å². The molecule has 1 aliphatic rings. The van der Waals surface area contributed by atoms with Gasteiger partial charge in [-0.15, -0.1) is 0 Å². The van der Waals surface area contributed by atoms with Gasteiger partial charge in [0, 0.05) is 17.6 Å². The highest BCUT2D eigenvalue weighted by atomic mass is 32.1. The second-order valence-corrected chi connectivity index (χ2v) is 4.71. The van der Waals surface area contributed by atoms with Crippen LogP contribution in [-0.4, -0.2) is 15.4 Å². The van der Waals surface area contributed by atoms with Crippen molar-refractivity contribution in [3.63, 3.8) is 0 Å². The molecule has 1 aromatic rings. The normalized spacial score (nSPS) is 20.0. The third kappa shape index (κ3) is 2.94. The van der Waals surface area contributed by atoms with Gasteiger partial charge in [0.1, 0.15) is 6.33 Å². The van der Waals surface area contributed by atoms with Gasteiger partial charge in [0.2, 0.25) is 5.13 Å². The van der Waals surface area contributed by atoms with E-state index >= 15 is 0 Å². The van der Waals surface area contributed by atoms with Crippen molar-refractivity contribution in [2.75, 3.05) is 5.32 Å². The van der Waals surface area contributed by atoms with Crippen molar-refractivity contribution >= 4 is 16.7 Å². The van der Waals surface area contributed by atoms with Gasteiger partial charge in [0.25, 0.3) is 0 Å². The summed E-state index contributed by atoms with van der Waals surface area (Å²) >= 11 is 1.46. The first-order valence-electron chi connectivity index (χ1n) is 5.48. The average Bonchev–Trinajstić information content (AvgIpc) is 2.62. The van der Waals surface area contributed by atoms with Crippen molar-refractivity contribution in [3.05, 3.63) is 6.33 Å². The van der Waals surface area contributed by atoms with Crippen LogP contribution in [0.15, 0.2) is 6.33 Å². The predicted octanol–water partition coefficient (Wildman–Crippen LogP) is 3.06. The maximum absolute atomic E-state index is 4.16. The molecule has 2 rings (SSSR count). The lowest BCUT2D eigenvalue weighted by atomic mass is 9.97. The number of aromatic nitrogens is 2. The quantitative estimate of drug-likeness (QED) is 0.817. The summed E-state index contributed by atoms with van der Waals surface area (Å²) in [7, 11) is 0. The fraction of sp³-hybridized carbons (Fsp3) is 0.800. The minimum atomic E-state index is 0.628. The monoisotopic (exact) mass is 211 g/mol. The van der Waals surface area contributed by atoms with Crippen LogP contribution in [0, 0.1) is 0 Å². The minimum Gasteiger partial charge on any atom is -0.358 e. The smallest absolute Gasteiger partial charge is 0.202 e. The molecule has 0 amide bonds. The van der Waals surface area contributed by atoms with Gasteiger partial charge in [-0.3, -0.25) is 0 Å². The highest BCUT2D eigenvalue weighted by Gasteiger charge is 2.11. The molecular formula is C10H17N3S. The highest BCUT2D eigenvalue weighted by molar-refractivity contribution is 7.09. The summed E-state index contributed by atoms with van der Waals surface area (Å²) in [5, 5.41) is 4.46. The summed E-state index contributed by atoms with van der Waals surface area (Å²) < 4.78 is 4.00. The van der Waals surface area contributed by atoms with Crippen LogP contribution in [0.1, 0.15) is 44.9 Å². The topological polar surface area (TPSA) is 37.8 Å². The maximum atomic E-state index is 4.16. The van der Waals surface area contributed by atoms with Gasteiger partial charge in [-0.2, -0.15) is 4.37 Å². The predicted molar refractivity (Wildman–Crippen MR) is 59.6 cm³/mol. The zero-order valence-electron chi connectivity index (χ0n) is 8.41. The van der Waals surface area contributed by atoms with E-state index < -0.39 is 0 Å². The standard InChI is InChI=1S/C10H17N3S/c1-2-4-6-9(7-5-3-1)13-10-11-8-12-14-10/h8-9H,1-7H2,(H,11,12,13). The Hall–Kier alpha value is -0.640. The molecule has 0 atom stereocenters. The average molecular weight is 211 g/mol. The summed E-state index contributed by atoms with van der Waals surface area (Å²) in [5.74, 6) is 0. The molecule has 1 fully saturated rings. The zero-order chi connectivity index (χ0) is 9.64. The summed E-state index contributed by atoms with van der Waals surface area (Å²) in [6.07, 6.45) is 11.1. The Morgan fingerprint density at radius 1 is 1.14 bits per heavy atom. The largest absolute Gasteiger partial charge is 0.358 e. The van der Waals surface area contributed by atoms with E-state index in [2.05, 4.69) is 14.7 Å². The SMILES string of the molecule is c1nsc(NC2CCCCCCC2)n1. The molecule has 4 heteroatoms. The van der Waals surface area contributed by atoms with Crippen LogP contribution < -0.4 is 5.32 Å². The lowest BCUT2D eigenvalue weighted by molar-refractivity contribution is 0.471. The Kier molecular flexibility index (Phi) is 3.74. The molecule has 0 aromatic carbocycles. The molecule has 3 nitrogen and oxygen atoms in total. The number of anilines is 1. The molecule has 14 heavy (non-hydrogen) atoms. The molecule has 0 aliphatic heterocycles. The van der Waals surface area contributed by atoms with Crippen molar-refractivity contribution in [1.82, 2.24) is 9.36 Å². The maximum Gasteiger partial charge on any atom is 0.202 e. The van der Waals surface area contributed by atoms with Gasteiger partial charge in [-0.05, 0) is 12.8 Å². The van der Waals surface area contributed by atoms with Crippen LogP contribution in [0.5, 0.6) is 0 Å². The van der Waals surface area contributed by atoms with Crippen molar-refractivity contribution in [3.8, 4) is 0 Å². The molecule has 1 heterocycles. The van der Waals surface area contributed by atoms with Gasteiger partial charge in [0.15, 0.2) is 0 Å². The van der Waals surface area contributed by atoms with E-state index in [4.69, 9.17) is 0 Å². The van der Waals surface area contributed by atoms with E-state index in [1.54, 1.807) is 6.33 Å². The van der Waals surface area contributed by atoms with Gasteiger partial charge < -0.3 is 5.32 Å². The summed E-state index contributed by atoms with van der Waals surface area (Å²) in [6.45, 7) is 0. The van der Waals surface area contributed by atoms with Crippen LogP contribution in [0.3, 0.4) is 0 Å². The second kappa shape index (κ2) is 5.29. The highest BCUT2D eigenvalue weighted by Crippen LogP contribution is 2.20. The molecular weight excluding hydrogens is 194 g/mol. The number of hydrogen-bond donors (Lipinski definition) is 1. The molecule has 0 bridgehead atoms. The number of hydrogen-bond acceptors (Lipinski definition) is 4. The first-order valence-corrected chi connectivity index (χ1v) is 6.26. The molecule has 0 radical (unpaired) electrons. The van der Waals surface area contributed by atoms with Gasteiger partial charge in [-0.1, -0.05) is 32.1 Å². The summed E-state index contributed by atoms with van der Waals surface area (Å²) in [6, 6.07) is 0.628. The van der Waals surface area contributed by atoms with E-state index in [1.807, 2.05) is 0 Å². The van der Waals surface area contributed by atoms with E-state index in [-0.39, 0.29) is 0 Å². The fourth-order valence-electron chi connectivity index (χ4n) is 2.01. The van der Waals surface area contributed by atoms with Crippen LogP contribution in [0.25, 0.3) is 0 Å². The van der Waals surface area contributed by atoms with Gasteiger partial charge >= 0.3 is 0 Å². The Morgan fingerprint density at radius 3 is 2.50 bits per heavy atom. The molecule has 78 valence electrons. The lowest BCUT2D eigenvalue weighted by Crippen LogP contribution is -2.20. The van der Waals surface area contributed by atoms with E-state index in [1.165, 1.54) is 56.5 Å². The van der Waals surface area contributed by atoms with Crippen molar-refractivity contribution in [1.29, 1.82) is 0 Å². The van der Waals surface area contributed by atoms with Crippen LogP contribution in [-0.2, 0) is 0 Å². The first-order chi connectivity index (χ1) is 6.95. The molecule has 1 N–H and O–H groups in total. The first kappa shape index (κ1) is 9.90. The van der Waals surface area contributed by atoms with Crippen LogP contribution in [0.2, 0.25) is 0 Å². The number of nitrogens with one attached hydrogen (secondary N) is 1. The molecule has 1 aliphatic carbocycles. The third-order valence-corrected chi connectivity index (χ3v) is 3.39. The zero-order valence-corrected chi connectivity index (χ0v) is 9.22. The second-order valence-electron chi connectivity index (χ2n) is 3.93. The Morgan fingerprint density at radius 2 is 1.86 bits per heavy atom. The van der Waals surface area contributed by atoms with Crippen molar-refractivity contribution in [2.45, 2.75) is 51.0 Å². The van der Waals surface area contributed by atoms with Gasteiger partial charge in [-0.25, -0.2) is 4.98 Å². The summed E-state index contributed by atoms with van der Waals surface area (Å²) in [5.41, 5.74) is 0. The molecule has 0 spiro atoms. The van der Waals surface area contributed by atoms with Crippen LogP contribution >= 0.6 is 11.5 Å². The Bertz CT molecular complexity index is 240. The minimum absolute atomic E-state index is 0.628. The van der Waals surface area contributed by atoms with Gasteiger partial charge in [0.05, 0.1) is 0 Å². The molecule has 0 saturated heterocycles. The van der Waals surface area contributed by atoms with E-state index in [0.717, 1.165) is 5.13 Å². The number of nitrogens with zero attached hydrogens (tertiary/aromatic N) is 2. The fourth-order valence-corrected chi connectivity index (χ4v) is 2.52. The Balaban J connectivity index is 1.83. The summed E-state index contributed by atoms with van der Waals surface area (Å²) in [4.78, 5) is 4.16.